The van der Waals surface area contributed by atoms with Crippen molar-refractivity contribution < 1.29 is 58.7 Å². The van der Waals surface area contributed by atoms with E-state index in [-0.39, 0.29) is 31.1 Å². The fraction of sp³-hybridized carbons (Fsp3) is 0.581. The summed E-state index contributed by atoms with van der Waals surface area (Å²) in [4.78, 5) is 76.1. The largest absolute Gasteiger partial charge is 0.394 e. The van der Waals surface area contributed by atoms with Crippen molar-refractivity contribution in [1.29, 1.82) is 0 Å². The number of ether oxygens (including phenoxy) is 2. The van der Waals surface area contributed by atoms with E-state index in [9.17, 15) is 49.2 Å². The maximum absolute atomic E-state index is 12.8. The summed E-state index contributed by atoms with van der Waals surface area (Å²) < 4.78 is 10.2. The Labute approximate surface area is 356 Å². The molecule has 2 saturated heterocycles. The predicted octanol–water partition coefficient (Wildman–Crippen LogP) is 0.529. The van der Waals surface area contributed by atoms with Crippen molar-refractivity contribution in [1.82, 2.24) is 21.3 Å². The normalized spacial score (nSPS) is 19.6. The van der Waals surface area contributed by atoms with E-state index in [4.69, 9.17) is 9.47 Å². The predicted molar refractivity (Wildman–Crippen MR) is 227 cm³/mol. The Morgan fingerprint density at radius 1 is 0.607 bits per heavy atom. The van der Waals surface area contributed by atoms with Crippen molar-refractivity contribution in [2.24, 2.45) is 11.8 Å². The second-order valence-electron chi connectivity index (χ2n) is 16.4. The van der Waals surface area contributed by atoms with Gasteiger partial charge in [0.2, 0.25) is 11.8 Å². The summed E-state index contributed by atoms with van der Waals surface area (Å²) in [6.45, 7) is 12.2. The number of aliphatic hydroxyl groups is 4. The van der Waals surface area contributed by atoms with Crippen LogP contribution < -0.4 is 31.9 Å². The zero-order chi connectivity index (χ0) is 45.5. The molecule has 2 aromatic carbocycles. The summed E-state index contributed by atoms with van der Waals surface area (Å²) in [5.74, 6) is -3.05. The molecule has 0 aromatic heterocycles. The Morgan fingerprint density at radius 2 is 1.00 bits per heavy atom. The summed E-state index contributed by atoms with van der Waals surface area (Å²) in [7, 11) is 0. The molecule has 0 unspecified atom stereocenters. The molecule has 6 atom stereocenters. The van der Waals surface area contributed by atoms with Crippen molar-refractivity contribution >= 4 is 46.6 Å². The molecule has 2 heterocycles. The van der Waals surface area contributed by atoms with E-state index >= 15 is 0 Å². The zero-order valence-corrected chi connectivity index (χ0v) is 36.1. The molecule has 2 aliphatic heterocycles. The molecule has 2 fully saturated rings. The van der Waals surface area contributed by atoms with Gasteiger partial charge in [0.1, 0.15) is 12.1 Å². The smallest absolute Gasteiger partial charge is 0.252 e. The fourth-order valence-corrected chi connectivity index (χ4v) is 6.31. The average Bonchev–Trinajstić information content (AvgIpc) is 4.17. The highest BCUT2D eigenvalue weighted by atomic mass is 16.6. The van der Waals surface area contributed by atoms with Crippen LogP contribution in [-0.2, 0) is 28.7 Å². The number of carbonyl (C=O) groups excluding carboxylic acids is 6. The van der Waals surface area contributed by atoms with Crippen LogP contribution in [0.15, 0.2) is 48.5 Å². The molecular weight excluding hydrogens is 793 g/mol. The molecule has 2 aromatic rings. The minimum atomic E-state index is -1.27. The molecule has 2 aliphatic rings. The molecule has 61 heavy (non-hydrogen) atoms. The van der Waals surface area contributed by atoms with Crippen molar-refractivity contribution in [2.45, 2.75) is 103 Å². The number of anilines is 2. The monoisotopic (exact) mass is 856 g/mol. The number of carbonyl (C=O) groups is 6. The molecule has 18 heteroatoms. The summed E-state index contributed by atoms with van der Waals surface area (Å²) >= 11 is 0. The lowest BCUT2D eigenvalue weighted by Gasteiger charge is -2.24. The van der Waals surface area contributed by atoms with E-state index in [2.05, 4.69) is 31.9 Å². The minimum absolute atomic E-state index is 0.0853. The third-order valence-corrected chi connectivity index (χ3v) is 9.77. The molecule has 0 aliphatic carbocycles. The fourth-order valence-electron chi connectivity index (χ4n) is 6.31. The Morgan fingerprint density at radius 3 is 1.33 bits per heavy atom. The van der Waals surface area contributed by atoms with Gasteiger partial charge >= 0.3 is 0 Å². The summed E-state index contributed by atoms with van der Waals surface area (Å²) in [6.07, 6.45) is 0.678. The van der Waals surface area contributed by atoms with Crippen LogP contribution in [0.5, 0.6) is 0 Å². The van der Waals surface area contributed by atoms with Crippen molar-refractivity contribution in [3.8, 4) is 0 Å². The van der Waals surface area contributed by atoms with Gasteiger partial charge < -0.3 is 61.8 Å². The molecule has 4 rings (SSSR count). The van der Waals surface area contributed by atoms with Gasteiger partial charge in [-0.25, -0.2) is 0 Å². The molecule has 0 spiro atoms. The second kappa shape index (κ2) is 23.3. The highest BCUT2D eigenvalue weighted by Crippen LogP contribution is 2.31. The average molecular weight is 857 g/mol. The zero-order valence-electron chi connectivity index (χ0n) is 36.1. The van der Waals surface area contributed by atoms with E-state index < -0.39 is 97.0 Å². The Balaban J connectivity index is 0.000000325. The summed E-state index contributed by atoms with van der Waals surface area (Å²) in [5, 5.41) is 54.7. The van der Waals surface area contributed by atoms with Gasteiger partial charge in [-0.2, -0.15) is 0 Å². The van der Waals surface area contributed by atoms with Crippen molar-refractivity contribution in [3.63, 3.8) is 0 Å². The van der Waals surface area contributed by atoms with Gasteiger partial charge in [-0.1, -0.05) is 39.8 Å². The number of hydrogen-bond donors (Lipinski definition) is 10. The number of nitrogens with one attached hydrogen (secondary N) is 6. The molecule has 0 radical (unpaired) electrons. The van der Waals surface area contributed by atoms with Gasteiger partial charge in [-0.15, -0.1) is 0 Å². The maximum atomic E-state index is 12.8. The van der Waals surface area contributed by atoms with Crippen LogP contribution in [-0.4, -0.2) is 143 Å². The Hall–Kier alpha value is -4.98. The van der Waals surface area contributed by atoms with Gasteiger partial charge in [0.25, 0.3) is 11.8 Å². The number of amides is 4. The highest BCUT2D eigenvalue weighted by Gasteiger charge is 2.55. The minimum Gasteiger partial charge on any atom is -0.394 e. The number of aliphatic hydroxyl groups excluding tert-OH is 4. The summed E-state index contributed by atoms with van der Waals surface area (Å²) in [6, 6.07) is 9.50. The first-order valence-electron chi connectivity index (χ1n) is 20.6. The Kier molecular flexibility index (Phi) is 19.2. The lowest BCUT2D eigenvalue weighted by atomic mass is 9.92. The van der Waals surface area contributed by atoms with Crippen LogP contribution >= 0.6 is 0 Å². The van der Waals surface area contributed by atoms with Gasteiger partial charge in [0.15, 0.2) is 22.8 Å². The van der Waals surface area contributed by atoms with Crippen molar-refractivity contribution in [3.05, 3.63) is 59.7 Å². The number of ketones is 2. The highest BCUT2D eigenvalue weighted by molar-refractivity contribution is 6.02. The van der Waals surface area contributed by atoms with Crippen molar-refractivity contribution in [2.75, 3.05) is 56.8 Å². The maximum Gasteiger partial charge on any atom is 0.252 e. The van der Waals surface area contributed by atoms with E-state index in [1.165, 1.54) is 0 Å². The van der Waals surface area contributed by atoms with Crippen LogP contribution in [0.2, 0.25) is 0 Å². The van der Waals surface area contributed by atoms with Gasteiger partial charge in [-0.05, 0) is 81.8 Å². The van der Waals surface area contributed by atoms with Gasteiger partial charge in [-0.3, -0.25) is 28.8 Å². The van der Waals surface area contributed by atoms with Crippen LogP contribution in [0.4, 0.5) is 11.4 Å². The number of rotatable bonds is 24. The number of benzene rings is 2. The lowest BCUT2D eigenvalue weighted by molar-refractivity contribution is -0.133. The van der Waals surface area contributed by atoms with E-state index in [0.29, 0.717) is 30.5 Å². The molecule has 0 saturated carbocycles. The van der Waals surface area contributed by atoms with E-state index in [0.717, 1.165) is 11.4 Å². The first-order valence-corrected chi connectivity index (χ1v) is 20.6. The molecule has 18 nitrogen and oxygen atoms in total. The van der Waals surface area contributed by atoms with Gasteiger partial charge in [0, 0.05) is 35.1 Å². The number of Topliss-reactive ketones (excluding diaryl/α,β-unsaturated/α-hetero) is 2. The molecule has 4 amide bonds. The van der Waals surface area contributed by atoms with Crippen LogP contribution in [0.1, 0.15) is 82.0 Å². The second-order valence-corrected chi connectivity index (χ2v) is 16.4. The number of epoxide rings is 2. The molecule has 338 valence electrons. The van der Waals surface area contributed by atoms with Gasteiger partial charge in [0.05, 0.1) is 51.7 Å². The third kappa shape index (κ3) is 14.9. The third-order valence-electron chi connectivity index (χ3n) is 9.77. The Bertz CT molecular complexity index is 1810. The SMILES string of the molecule is CC(C)C[C@H](NC(=O)[C@H](CO)NC(=O)c1cccc(NC(C)C)c1)C(=O)[C@@]1(CO)CO1.CCNc1cccc(C(=O)N[C@@H](CO)C(=O)N[C@@H](CC(C)C)C(=O)[C@@]2(CO)CO2)c1. The molecular formula is C43H64N6O12. The van der Waals surface area contributed by atoms with Crippen LogP contribution in [0.3, 0.4) is 0 Å². The molecule has 0 bridgehead atoms. The standard InChI is InChI=1S/C22H33N3O6.C21H31N3O6/c1-13(2)8-17(19(28)22(11-27)12-31-22)24-21(30)18(10-26)25-20(29)15-6-5-7-16(9-15)23-14(3)4;1-4-22-15-7-5-6-14(9-15)19(28)24-17(10-25)20(29)23-16(8-13(2)3)18(27)21(11-26)12-30-21/h5-7,9,13-14,17-18,23,26-27H,8,10-12H2,1-4H3,(H,24,30)(H,25,29);5-7,9,13,16-17,22,25-26H,4,8,10-12H2,1-3H3,(H,23,29)(H,24,28)/t17-,18-,22+;16-,17-,21+/m00/s1. The van der Waals surface area contributed by atoms with Crippen LogP contribution in [0, 0.1) is 11.8 Å². The van der Waals surface area contributed by atoms with E-state index in [1.807, 2.05) is 60.6 Å². The first-order chi connectivity index (χ1) is 28.9. The van der Waals surface area contributed by atoms with E-state index in [1.54, 1.807) is 36.4 Å². The summed E-state index contributed by atoms with van der Waals surface area (Å²) in [5.41, 5.74) is -0.352. The first kappa shape index (κ1) is 50.4. The molecule has 10 N–H and O–H groups in total. The van der Waals surface area contributed by atoms with Crippen LogP contribution in [0.25, 0.3) is 0 Å². The quantitative estimate of drug-likeness (QED) is 0.0646. The topological polar surface area (TPSA) is 281 Å². The lowest BCUT2D eigenvalue weighted by Crippen LogP contribution is -2.55. The number of hydrogen-bond acceptors (Lipinski definition) is 14.